The van der Waals surface area contributed by atoms with E-state index in [1.165, 1.54) is 6.20 Å². The van der Waals surface area contributed by atoms with Gasteiger partial charge < -0.3 is 5.32 Å². The van der Waals surface area contributed by atoms with Crippen LogP contribution in [0.25, 0.3) is 0 Å². The molecule has 1 heterocycles. The number of hydrogen-bond donors (Lipinski definition) is 1. The summed E-state index contributed by atoms with van der Waals surface area (Å²) in [6.07, 6.45) is 6.75. The molecule has 0 aliphatic rings. The number of terminal acetylenes is 1. The van der Waals surface area contributed by atoms with E-state index in [9.17, 15) is 4.79 Å². The molecule has 4 nitrogen and oxygen atoms in total. The minimum absolute atomic E-state index is 0.139. The third-order valence-corrected chi connectivity index (χ3v) is 2.46. The van der Waals surface area contributed by atoms with Gasteiger partial charge >= 0.3 is 0 Å². The molecule has 2 aromatic rings. The molecular weight excluding hydrogens is 262 g/mol. The fraction of sp³-hybridized carbons (Fsp3) is 0.235. The van der Waals surface area contributed by atoms with Crippen molar-refractivity contribution in [3.63, 3.8) is 0 Å². The van der Waals surface area contributed by atoms with Gasteiger partial charge in [0.05, 0.1) is 11.8 Å². The molecular formula is C17H19N3O. The van der Waals surface area contributed by atoms with E-state index >= 15 is 0 Å². The zero-order valence-electron chi connectivity index (χ0n) is 12.5. The number of amides is 1. The Morgan fingerprint density at radius 1 is 1.14 bits per heavy atom. The molecule has 0 fully saturated rings. The van der Waals surface area contributed by atoms with E-state index in [4.69, 9.17) is 6.42 Å². The Labute approximate surface area is 125 Å². The van der Waals surface area contributed by atoms with Crippen molar-refractivity contribution in [3.05, 3.63) is 54.2 Å². The first-order chi connectivity index (χ1) is 9.95. The van der Waals surface area contributed by atoms with Crippen LogP contribution >= 0.6 is 0 Å². The van der Waals surface area contributed by atoms with Crippen LogP contribution < -0.4 is 5.32 Å². The SMILES string of the molecule is C#Cc1ccnnc1NC(=O)C(C)(C)C.c1ccccc1. The van der Waals surface area contributed by atoms with Crippen molar-refractivity contribution >= 4 is 11.7 Å². The highest BCUT2D eigenvalue weighted by atomic mass is 16.2. The van der Waals surface area contributed by atoms with Crippen molar-refractivity contribution < 1.29 is 4.79 Å². The Morgan fingerprint density at radius 2 is 1.67 bits per heavy atom. The Balaban J connectivity index is 0.000000304. The van der Waals surface area contributed by atoms with Gasteiger partial charge in [0.1, 0.15) is 0 Å². The van der Waals surface area contributed by atoms with Gasteiger partial charge in [-0.3, -0.25) is 4.79 Å². The van der Waals surface area contributed by atoms with Crippen LogP contribution in [0.3, 0.4) is 0 Å². The molecule has 1 aromatic carbocycles. The summed E-state index contributed by atoms with van der Waals surface area (Å²) in [7, 11) is 0. The van der Waals surface area contributed by atoms with Gasteiger partial charge in [-0.05, 0) is 6.07 Å². The topological polar surface area (TPSA) is 54.9 Å². The zero-order chi connectivity index (χ0) is 15.7. The van der Waals surface area contributed by atoms with Crippen molar-refractivity contribution in [1.82, 2.24) is 10.2 Å². The van der Waals surface area contributed by atoms with Crippen molar-refractivity contribution in [2.75, 3.05) is 5.32 Å². The number of benzene rings is 1. The van der Waals surface area contributed by atoms with E-state index in [2.05, 4.69) is 21.4 Å². The van der Waals surface area contributed by atoms with Crippen molar-refractivity contribution in [3.8, 4) is 12.3 Å². The van der Waals surface area contributed by atoms with Gasteiger partial charge in [0.15, 0.2) is 5.82 Å². The van der Waals surface area contributed by atoms with Crippen LogP contribution in [0.4, 0.5) is 5.82 Å². The van der Waals surface area contributed by atoms with Crippen LogP contribution in [0, 0.1) is 17.8 Å². The van der Waals surface area contributed by atoms with Gasteiger partial charge in [0.2, 0.25) is 5.91 Å². The van der Waals surface area contributed by atoms with E-state index < -0.39 is 5.41 Å². The maximum Gasteiger partial charge on any atom is 0.230 e. The highest BCUT2D eigenvalue weighted by molar-refractivity contribution is 5.94. The summed E-state index contributed by atoms with van der Waals surface area (Å²) in [6.45, 7) is 5.44. The number of carbonyl (C=O) groups excluding carboxylic acids is 1. The summed E-state index contributed by atoms with van der Waals surface area (Å²) < 4.78 is 0. The third-order valence-electron chi connectivity index (χ3n) is 2.46. The van der Waals surface area contributed by atoms with Crippen molar-refractivity contribution in [2.24, 2.45) is 5.41 Å². The highest BCUT2D eigenvalue weighted by Crippen LogP contribution is 2.17. The second-order valence-corrected chi connectivity index (χ2v) is 5.30. The minimum Gasteiger partial charge on any atom is -0.308 e. The molecule has 108 valence electrons. The van der Waals surface area contributed by atoms with E-state index in [0.29, 0.717) is 11.4 Å². The molecule has 1 aromatic heterocycles. The molecule has 0 saturated heterocycles. The molecule has 1 amide bonds. The lowest BCUT2D eigenvalue weighted by Crippen LogP contribution is -2.28. The number of hydrogen-bond acceptors (Lipinski definition) is 3. The van der Waals surface area contributed by atoms with E-state index in [1.807, 2.05) is 57.2 Å². The smallest absolute Gasteiger partial charge is 0.230 e. The predicted octanol–water partition coefficient (Wildman–Crippen LogP) is 3.13. The standard InChI is InChI=1S/C11H13N3O.C6H6/c1-5-8-6-7-12-14-9(8)13-10(15)11(2,3)4;1-2-4-6-5-3-1/h1,6-7H,2-4H3,(H,13,14,15);1-6H. The Bertz CT molecular complexity index is 583. The third kappa shape index (κ3) is 5.87. The van der Waals surface area contributed by atoms with Gasteiger partial charge in [-0.15, -0.1) is 11.5 Å². The number of aromatic nitrogens is 2. The molecule has 0 aliphatic heterocycles. The van der Waals surface area contributed by atoms with Crippen LogP contribution in [0.2, 0.25) is 0 Å². The Kier molecular flexibility index (Phi) is 6.09. The lowest BCUT2D eigenvalue weighted by Gasteiger charge is -2.17. The lowest BCUT2D eigenvalue weighted by atomic mass is 9.96. The molecule has 21 heavy (non-hydrogen) atoms. The minimum atomic E-state index is -0.483. The van der Waals surface area contributed by atoms with Crippen LogP contribution in [0.1, 0.15) is 26.3 Å². The maximum atomic E-state index is 11.7. The fourth-order valence-electron chi connectivity index (χ4n) is 1.22. The molecule has 1 N–H and O–H groups in total. The average molecular weight is 281 g/mol. The normalized spacial score (nSPS) is 9.81. The fourth-order valence-corrected chi connectivity index (χ4v) is 1.22. The van der Waals surface area contributed by atoms with Crippen molar-refractivity contribution in [2.45, 2.75) is 20.8 Å². The summed E-state index contributed by atoms with van der Waals surface area (Å²) in [6, 6.07) is 13.6. The maximum absolute atomic E-state index is 11.7. The molecule has 0 aliphatic carbocycles. The molecule has 0 atom stereocenters. The highest BCUT2D eigenvalue weighted by Gasteiger charge is 2.22. The Hall–Kier alpha value is -2.67. The first-order valence-electron chi connectivity index (χ1n) is 6.55. The molecule has 0 spiro atoms. The van der Waals surface area contributed by atoms with E-state index in [0.717, 1.165) is 0 Å². The van der Waals surface area contributed by atoms with Crippen LogP contribution in [-0.4, -0.2) is 16.1 Å². The number of anilines is 1. The predicted molar refractivity (Wildman–Crippen MR) is 84.5 cm³/mol. The quantitative estimate of drug-likeness (QED) is 0.817. The monoisotopic (exact) mass is 281 g/mol. The first kappa shape index (κ1) is 16.4. The summed E-state index contributed by atoms with van der Waals surface area (Å²) in [5.41, 5.74) is 0.0474. The summed E-state index contributed by atoms with van der Waals surface area (Å²) in [5.74, 6) is 2.63. The summed E-state index contributed by atoms with van der Waals surface area (Å²) in [5, 5.41) is 10.1. The average Bonchev–Trinajstić information content (AvgIpc) is 2.49. The lowest BCUT2D eigenvalue weighted by molar-refractivity contribution is -0.123. The van der Waals surface area contributed by atoms with Gasteiger partial charge in [-0.2, -0.15) is 5.10 Å². The number of nitrogens with zero attached hydrogens (tertiary/aromatic N) is 2. The number of nitrogens with one attached hydrogen (secondary N) is 1. The van der Waals surface area contributed by atoms with Gasteiger partial charge in [-0.1, -0.05) is 63.1 Å². The summed E-state index contributed by atoms with van der Waals surface area (Å²) in [4.78, 5) is 11.7. The summed E-state index contributed by atoms with van der Waals surface area (Å²) >= 11 is 0. The van der Waals surface area contributed by atoms with Gasteiger partial charge in [0.25, 0.3) is 0 Å². The largest absolute Gasteiger partial charge is 0.308 e. The number of rotatable bonds is 1. The van der Waals surface area contributed by atoms with Crippen LogP contribution in [0.5, 0.6) is 0 Å². The molecule has 0 radical (unpaired) electrons. The molecule has 2 rings (SSSR count). The molecule has 4 heteroatoms. The van der Waals surface area contributed by atoms with E-state index in [-0.39, 0.29) is 5.91 Å². The molecule has 0 bridgehead atoms. The number of carbonyl (C=O) groups is 1. The van der Waals surface area contributed by atoms with Crippen LogP contribution in [0.15, 0.2) is 48.7 Å². The van der Waals surface area contributed by atoms with Gasteiger partial charge in [0, 0.05) is 5.41 Å². The first-order valence-corrected chi connectivity index (χ1v) is 6.55. The second kappa shape index (κ2) is 7.81. The van der Waals surface area contributed by atoms with Gasteiger partial charge in [-0.25, -0.2) is 0 Å². The second-order valence-electron chi connectivity index (χ2n) is 5.30. The molecule has 0 saturated carbocycles. The Morgan fingerprint density at radius 3 is 2.10 bits per heavy atom. The van der Waals surface area contributed by atoms with Crippen LogP contribution in [-0.2, 0) is 4.79 Å². The van der Waals surface area contributed by atoms with E-state index in [1.54, 1.807) is 6.07 Å². The zero-order valence-corrected chi connectivity index (χ0v) is 12.5. The van der Waals surface area contributed by atoms with Crippen molar-refractivity contribution in [1.29, 1.82) is 0 Å². The molecule has 0 unspecified atom stereocenters.